The predicted molar refractivity (Wildman–Crippen MR) is 68.3 cm³/mol. The zero-order chi connectivity index (χ0) is 11.3. The Labute approximate surface area is 105 Å². The van der Waals surface area contributed by atoms with Crippen molar-refractivity contribution in [3.63, 3.8) is 0 Å². The third-order valence-electron chi connectivity index (χ3n) is 2.36. The van der Waals surface area contributed by atoms with Gasteiger partial charge >= 0.3 is 0 Å². The molecule has 0 saturated heterocycles. The number of rotatable bonds is 0. The van der Waals surface area contributed by atoms with Crippen LogP contribution in [-0.2, 0) is 0 Å². The van der Waals surface area contributed by atoms with Crippen molar-refractivity contribution >= 4 is 39.3 Å². The Balaban J connectivity index is 2.54. The maximum atomic E-state index is 4.52. The fourth-order valence-electron chi connectivity index (χ4n) is 1.63. The average molecular weight is 325 g/mol. The van der Waals surface area contributed by atoms with Gasteiger partial charge in [-0.1, -0.05) is 0 Å². The summed E-state index contributed by atoms with van der Waals surface area (Å²) in [5.74, 6) is 0.741. The predicted octanol–water partition coefficient (Wildman–Crippen LogP) is 1.89. The molecular weight excluding hydrogens is 317 g/mol. The van der Waals surface area contributed by atoms with E-state index in [1.165, 1.54) is 0 Å². The Hall–Kier alpha value is -1.31. The van der Waals surface area contributed by atoms with Crippen molar-refractivity contribution in [2.24, 2.45) is 0 Å². The molecule has 0 bridgehead atoms. The summed E-state index contributed by atoms with van der Waals surface area (Å²) in [5, 5.41) is 4.25. The third kappa shape index (κ3) is 1.36. The molecule has 0 aromatic carbocycles. The van der Waals surface area contributed by atoms with Crippen molar-refractivity contribution in [1.82, 2.24) is 24.6 Å². The van der Waals surface area contributed by atoms with Crippen molar-refractivity contribution in [3.05, 3.63) is 27.5 Å². The van der Waals surface area contributed by atoms with Crippen LogP contribution in [0.2, 0.25) is 0 Å². The smallest absolute Gasteiger partial charge is 0.183 e. The van der Waals surface area contributed by atoms with E-state index in [9.17, 15) is 0 Å². The largest absolute Gasteiger partial charge is 0.249 e. The number of aromatic nitrogens is 5. The van der Waals surface area contributed by atoms with Crippen LogP contribution in [0.3, 0.4) is 0 Å². The molecule has 6 heteroatoms. The van der Waals surface area contributed by atoms with Crippen molar-refractivity contribution in [2.45, 2.75) is 13.8 Å². The fourth-order valence-corrected chi connectivity index (χ4v) is 2.00. The lowest BCUT2D eigenvalue weighted by molar-refractivity contribution is 0.931. The molecule has 3 rings (SSSR count). The molecule has 16 heavy (non-hydrogen) atoms. The summed E-state index contributed by atoms with van der Waals surface area (Å²) < 4.78 is 2.64. The Morgan fingerprint density at radius 1 is 1.19 bits per heavy atom. The highest BCUT2D eigenvalue weighted by molar-refractivity contribution is 14.1. The van der Waals surface area contributed by atoms with Gasteiger partial charge in [-0.05, 0) is 42.5 Å². The van der Waals surface area contributed by atoms with Crippen LogP contribution >= 0.6 is 22.6 Å². The van der Waals surface area contributed by atoms with E-state index >= 15 is 0 Å². The number of hydrogen-bond donors (Lipinski definition) is 0. The summed E-state index contributed by atoms with van der Waals surface area (Å²) in [5.41, 5.74) is 3.37. The van der Waals surface area contributed by atoms with Gasteiger partial charge in [-0.2, -0.15) is 5.10 Å². The number of halogens is 1. The first kappa shape index (κ1) is 9.88. The molecule has 0 unspecified atom stereocenters. The van der Waals surface area contributed by atoms with Gasteiger partial charge in [0.1, 0.15) is 15.0 Å². The van der Waals surface area contributed by atoms with Gasteiger partial charge in [-0.3, -0.25) is 0 Å². The van der Waals surface area contributed by atoms with Gasteiger partial charge in [-0.25, -0.2) is 19.5 Å². The highest BCUT2D eigenvalue weighted by atomic mass is 127. The van der Waals surface area contributed by atoms with Crippen LogP contribution in [0.1, 0.15) is 11.5 Å². The molecule has 0 radical (unpaired) electrons. The summed E-state index contributed by atoms with van der Waals surface area (Å²) in [7, 11) is 0. The molecule has 80 valence electrons. The Morgan fingerprint density at radius 3 is 2.81 bits per heavy atom. The van der Waals surface area contributed by atoms with Crippen LogP contribution < -0.4 is 0 Å². The first-order valence-electron chi connectivity index (χ1n) is 4.81. The van der Waals surface area contributed by atoms with Crippen molar-refractivity contribution in [2.75, 3.05) is 0 Å². The lowest BCUT2D eigenvalue weighted by atomic mass is 10.3. The molecule has 3 aromatic rings. The number of aryl methyl sites for hydroxylation is 2. The lowest BCUT2D eigenvalue weighted by Crippen LogP contribution is -1.96. The molecule has 0 aliphatic carbocycles. The van der Waals surface area contributed by atoms with Crippen LogP contribution in [0.15, 0.2) is 12.3 Å². The van der Waals surface area contributed by atoms with Crippen molar-refractivity contribution < 1.29 is 0 Å². The standard InChI is InChI=1S/C10H8IN5/c1-5-9(11)14-8-7(12-5)3-4-16-10(8)13-6(2)15-16/h3-4H,1-2H3. The Bertz CT molecular complexity index is 703. The quantitative estimate of drug-likeness (QED) is 0.593. The molecular formula is C10H8IN5. The molecule has 0 aliphatic rings. The van der Waals surface area contributed by atoms with E-state index in [4.69, 9.17) is 0 Å². The van der Waals surface area contributed by atoms with Crippen LogP contribution in [-0.4, -0.2) is 24.6 Å². The van der Waals surface area contributed by atoms with Gasteiger partial charge in [0.25, 0.3) is 0 Å². The van der Waals surface area contributed by atoms with Crippen molar-refractivity contribution in [3.8, 4) is 0 Å². The number of hydrogen-bond acceptors (Lipinski definition) is 4. The number of fused-ring (bicyclic) bond motifs is 3. The topological polar surface area (TPSA) is 56.0 Å². The second kappa shape index (κ2) is 3.34. The first-order chi connectivity index (χ1) is 7.65. The van der Waals surface area contributed by atoms with Gasteiger partial charge < -0.3 is 0 Å². The minimum atomic E-state index is 0.741. The Morgan fingerprint density at radius 2 is 2.00 bits per heavy atom. The summed E-state index contributed by atoms with van der Waals surface area (Å²) >= 11 is 2.18. The Kier molecular flexibility index (Phi) is 2.06. The molecule has 0 amide bonds. The van der Waals surface area contributed by atoms with Gasteiger partial charge in [0.2, 0.25) is 0 Å². The lowest BCUT2D eigenvalue weighted by Gasteiger charge is -2.01. The van der Waals surface area contributed by atoms with Crippen LogP contribution in [0, 0.1) is 17.5 Å². The summed E-state index contributed by atoms with van der Waals surface area (Å²) in [4.78, 5) is 13.4. The maximum absolute atomic E-state index is 4.52. The van der Waals surface area contributed by atoms with E-state index in [1.54, 1.807) is 4.52 Å². The molecule has 5 nitrogen and oxygen atoms in total. The second-order valence-electron chi connectivity index (χ2n) is 3.58. The van der Waals surface area contributed by atoms with Crippen LogP contribution in [0.25, 0.3) is 16.7 Å². The van der Waals surface area contributed by atoms with Crippen LogP contribution in [0.5, 0.6) is 0 Å². The van der Waals surface area contributed by atoms with E-state index in [1.807, 2.05) is 26.1 Å². The minimum Gasteiger partial charge on any atom is -0.249 e. The van der Waals surface area contributed by atoms with Crippen LogP contribution in [0.4, 0.5) is 0 Å². The van der Waals surface area contributed by atoms with E-state index in [0.29, 0.717) is 0 Å². The van der Waals surface area contributed by atoms with E-state index in [-0.39, 0.29) is 0 Å². The average Bonchev–Trinajstić information content (AvgIpc) is 2.61. The molecule has 0 fully saturated rings. The SMILES string of the molecule is Cc1nc2c3nc(I)c(C)nc3ccn2n1. The highest BCUT2D eigenvalue weighted by Crippen LogP contribution is 2.17. The highest BCUT2D eigenvalue weighted by Gasteiger charge is 2.09. The molecule has 0 N–H and O–H groups in total. The zero-order valence-corrected chi connectivity index (χ0v) is 10.9. The van der Waals surface area contributed by atoms with Gasteiger partial charge in [0, 0.05) is 6.20 Å². The summed E-state index contributed by atoms with van der Waals surface area (Å²) in [6, 6.07) is 1.91. The second-order valence-corrected chi connectivity index (χ2v) is 4.60. The van der Waals surface area contributed by atoms with E-state index in [0.717, 1.165) is 31.9 Å². The molecule has 0 saturated carbocycles. The van der Waals surface area contributed by atoms with Gasteiger partial charge in [0.15, 0.2) is 5.65 Å². The molecule has 3 aromatic heterocycles. The van der Waals surface area contributed by atoms with E-state index in [2.05, 4.69) is 42.6 Å². The van der Waals surface area contributed by atoms with E-state index < -0.39 is 0 Å². The number of nitrogens with zero attached hydrogens (tertiary/aromatic N) is 5. The minimum absolute atomic E-state index is 0.741. The first-order valence-corrected chi connectivity index (χ1v) is 5.89. The number of pyridine rings is 1. The monoisotopic (exact) mass is 325 g/mol. The molecule has 0 atom stereocenters. The molecule has 0 spiro atoms. The maximum Gasteiger partial charge on any atom is 0.183 e. The summed E-state index contributed by atoms with van der Waals surface area (Å²) in [6.07, 6.45) is 1.86. The molecule has 3 heterocycles. The van der Waals surface area contributed by atoms with Gasteiger partial charge in [0.05, 0.1) is 11.2 Å². The third-order valence-corrected chi connectivity index (χ3v) is 3.38. The van der Waals surface area contributed by atoms with Gasteiger partial charge in [-0.15, -0.1) is 0 Å². The zero-order valence-electron chi connectivity index (χ0n) is 8.77. The van der Waals surface area contributed by atoms with Crippen molar-refractivity contribution in [1.29, 1.82) is 0 Å². The normalized spacial score (nSPS) is 11.4. The summed E-state index contributed by atoms with van der Waals surface area (Å²) in [6.45, 7) is 3.82. The fraction of sp³-hybridized carbons (Fsp3) is 0.200. The molecule has 0 aliphatic heterocycles.